The third-order valence-corrected chi connectivity index (χ3v) is 4.46. The highest BCUT2D eigenvalue weighted by Crippen LogP contribution is 2.31. The highest BCUT2D eigenvalue weighted by Gasteiger charge is 2.25. The monoisotopic (exact) mass is 346 g/mol. The molecule has 1 saturated carbocycles. The molecule has 2 N–H and O–H groups in total. The Kier molecular flexibility index (Phi) is 5.16. The fraction of sp³-hybridized carbons (Fsp3) is 0.529. The molecule has 1 aromatic carbocycles. The molecule has 0 bridgehead atoms. The minimum Gasteiger partial charge on any atom is -0.377 e. The largest absolute Gasteiger partial charge is 0.377 e. The minimum absolute atomic E-state index is 0.0813. The van der Waals surface area contributed by atoms with Crippen LogP contribution in [0.15, 0.2) is 18.2 Å². The SMILES string of the molecule is O=C(NCCCN1CCCC1=O)c1ccc(NC2CC2)c([N+](=O)[O-])c1. The third kappa shape index (κ3) is 4.46. The minimum atomic E-state index is -0.472. The third-order valence-electron chi connectivity index (χ3n) is 4.46. The number of likely N-dealkylation sites (tertiary alicyclic amines) is 1. The number of anilines is 1. The van der Waals surface area contributed by atoms with Crippen molar-refractivity contribution >= 4 is 23.2 Å². The zero-order valence-electron chi connectivity index (χ0n) is 14.0. The molecule has 2 aliphatic rings. The van der Waals surface area contributed by atoms with Crippen LogP contribution in [-0.4, -0.2) is 47.3 Å². The molecule has 3 rings (SSSR count). The Balaban J connectivity index is 1.53. The molecule has 0 aromatic heterocycles. The summed E-state index contributed by atoms with van der Waals surface area (Å²) in [5.41, 5.74) is 0.643. The van der Waals surface area contributed by atoms with Crippen molar-refractivity contribution in [3.05, 3.63) is 33.9 Å². The van der Waals surface area contributed by atoms with Gasteiger partial charge >= 0.3 is 0 Å². The molecule has 2 fully saturated rings. The summed E-state index contributed by atoms with van der Waals surface area (Å²) in [6.45, 7) is 1.84. The molecule has 1 aliphatic heterocycles. The van der Waals surface area contributed by atoms with Crippen molar-refractivity contribution < 1.29 is 14.5 Å². The molecule has 0 radical (unpaired) electrons. The average molecular weight is 346 g/mol. The average Bonchev–Trinajstić information content (AvgIpc) is 3.31. The maximum Gasteiger partial charge on any atom is 0.293 e. The van der Waals surface area contributed by atoms with Gasteiger partial charge in [-0.05, 0) is 37.8 Å². The lowest BCUT2D eigenvalue weighted by Gasteiger charge is -2.15. The smallest absolute Gasteiger partial charge is 0.293 e. The summed E-state index contributed by atoms with van der Waals surface area (Å²) < 4.78 is 0. The van der Waals surface area contributed by atoms with Gasteiger partial charge in [-0.2, -0.15) is 0 Å². The normalized spacial score (nSPS) is 16.8. The first-order chi connectivity index (χ1) is 12.0. The number of nitro benzene ring substituents is 1. The van der Waals surface area contributed by atoms with Crippen LogP contribution in [0.1, 0.15) is 42.5 Å². The second-order valence-corrected chi connectivity index (χ2v) is 6.50. The lowest BCUT2D eigenvalue weighted by atomic mass is 10.1. The van der Waals surface area contributed by atoms with Crippen LogP contribution in [0, 0.1) is 10.1 Å². The summed E-state index contributed by atoms with van der Waals surface area (Å²) in [5, 5.41) is 17.1. The Morgan fingerprint density at radius 2 is 2.16 bits per heavy atom. The van der Waals surface area contributed by atoms with Crippen LogP contribution >= 0.6 is 0 Å². The number of hydrogen-bond acceptors (Lipinski definition) is 5. The summed E-state index contributed by atoms with van der Waals surface area (Å²) in [5.74, 6) is -0.172. The molecule has 8 heteroatoms. The van der Waals surface area contributed by atoms with Crippen LogP contribution in [0.4, 0.5) is 11.4 Å². The molecule has 134 valence electrons. The first-order valence-electron chi connectivity index (χ1n) is 8.65. The maximum absolute atomic E-state index is 12.2. The van der Waals surface area contributed by atoms with Crippen LogP contribution in [0.5, 0.6) is 0 Å². The Bertz CT molecular complexity index is 687. The van der Waals surface area contributed by atoms with Crippen molar-refractivity contribution in [1.29, 1.82) is 0 Å². The van der Waals surface area contributed by atoms with E-state index in [1.54, 1.807) is 17.0 Å². The summed E-state index contributed by atoms with van der Waals surface area (Å²) in [7, 11) is 0. The standard InChI is InChI=1S/C17H22N4O4/c22-16-3-1-9-20(16)10-2-8-18-17(23)12-4-7-14(19-13-5-6-13)15(11-12)21(24)25/h4,7,11,13,19H,1-3,5-6,8-10H2,(H,18,23). The van der Waals surface area contributed by atoms with Crippen molar-refractivity contribution in [2.45, 2.75) is 38.1 Å². The van der Waals surface area contributed by atoms with E-state index in [9.17, 15) is 19.7 Å². The molecule has 0 atom stereocenters. The Morgan fingerprint density at radius 3 is 2.80 bits per heavy atom. The van der Waals surface area contributed by atoms with Gasteiger partial charge in [0.1, 0.15) is 5.69 Å². The molecular formula is C17H22N4O4. The first-order valence-corrected chi connectivity index (χ1v) is 8.65. The number of carbonyl (C=O) groups excluding carboxylic acids is 2. The van der Waals surface area contributed by atoms with Crippen molar-refractivity contribution in [2.75, 3.05) is 25.0 Å². The van der Waals surface area contributed by atoms with Crippen molar-refractivity contribution in [3.8, 4) is 0 Å². The van der Waals surface area contributed by atoms with Crippen LogP contribution in [0.2, 0.25) is 0 Å². The van der Waals surface area contributed by atoms with Gasteiger partial charge in [0, 0.05) is 43.7 Å². The molecule has 2 amide bonds. The number of amides is 2. The highest BCUT2D eigenvalue weighted by atomic mass is 16.6. The second kappa shape index (κ2) is 7.50. The quantitative estimate of drug-likeness (QED) is 0.425. The van der Waals surface area contributed by atoms with Gasteiger partial charge < -0.3 is 15.5 Å². The lowest BCUT2D eigenvalue weighted by molar-refractivity contribution is -0.384. The topological polar surface area (TPSA) is 105 Å². The molecule has 1 aliphatic carbocycles. The van der Waals surface area contributed by atoms with Crippen LogP contribution in [0.3, 0.4) is 0 Å². The van der Waals surface area contributed by atoms with E-state index in [0.717, 1.165) is 25.8 Å². The van der Waals surface area contributed by atoms with Crippen molar-refractivity contribution in [1.82, 2.24) is 10.2 Å². The van der Waals surface area contributed by atoms with Gasteiger partial charge in [-0.3, -0.25) is 19.7 Å². The number of hydrogen-bond donors (Lipinski definition) is 2. The predicted molar refractivity (Wildman–Crippen MR) is 92.5 cm³/mol. The van der Waals surface area contributed by atoms with Crippen molar-refractivity contribution in [3.63, 3.8) is 0 Å². The Hall–Kier alpha value is -2.64. The van der Waals surface area contributed by atoms with Crippen molar-refractivity contribution in [2.24, 2.45) is 0 Å². The van der Waals surface area contributed by atoms with Crippen LogP contribution in [0.25, 0.3) is 0 Å². The molecular weight excluding hydrogens is 324 g/mol. The van der Waals surface area contributed by atoms with Gasteiger partial charge in [-0.25, -0.2) is 0 Å². The summed E-state index contributed by atoms with van der Waals surface area (Å²) in [4.78, 5) is 36.3. The first kappa shape index (κ1) is 17.2. The van der Waals surface area contributed by atoms with E-state index in [1.165, 1.54) is 6.07 Å². The molecule has 8 nitrogen and oxygen atoms in total. The molecule has 1 aromatic rings. The van der Waals surface area contributed by atoms with Gasteiger partial charge in [0.15, 0.2) is 0 Å². The van der Waals surface area contributed by atoms with E-state index in [2.05, 4.69) is 10.6 Å². The van der Waals surface area contributed by atoms with E-state index in [-0.39, 0.29) is 23.1 Å². The number of nitro groups is 1. The molecule has 25 heavy (non-hydrogen) atoms. The molecule has 0 spiro atoms. The summed E-state index contributed by atoms with van der Waals surface area (Å²) in [6.07, 6.45) is 4.20. The maximum atomic E-state index is 12.2. The number of benzene rings is 1. The number of carbonyl (C=O) groups is 2. The summed E-state index contributed by atoms with van der Waals surface area (Å²) in [6, 6.07) is 4.79. The van der Waals surface area contributed by atoms with Gasteiger partial charge in [0.25, 0.3) is 11.6 Å². The van der Waals surface area contributed by atoms with E-state index >= 15 is 0 Å². The Labute approximate surface area is 145 Å². The van der Waals surface area contributed by atoms with E-state index < -0.39 is 4.92 Å². The molecule has 0 unspecified atom stereocenters. The fourth-order valence-electron chi connectivity index (χ4n) is 2.91. The van der Waals surface area contributed by atoms with Crippen LogP contribution in [-0.2, 0) is 4.79 Å². The second-order valence-electron chi connectivity index (χ2n) is 6.50. The van der Waals surface area contributed by atoms with Gasteiger partial charge in [0.05, 0.1) is 4.92 Å². The van der Waals surface area contributed by atoms with Gasteiger partial charge in [-0.1, -0.05) is 0 Å². The van der Waals surface area contributed by atoms with Crippen LogP contribution < -0.4 is 10.6 Å². The number of rotatable bonds is 8. The van der Waals surface area contributed by atoms with E-state index in [4.69, 9.17) is 0 Å². The molecule has 1 heterocycles. The van der Waals surface area contributed by atoms with Gasteiger partial charge in [0.2, 0.25) is 5.91 Å². The predicted octanol–water partition coefficient (Wildman–Crippen LogP) is 1.91. The number of nitrogens with one attached hydrogen (secondary N) is 2. The zero-order chi connectivity index (χ0) is 17.8. The van der Waals surface area contributed by atoms with Gasteiger partial charge in [-0.15, -0.1) is 0 Å². The fourth-order valence-corrected chi connectivity index (χ4v) is 2.91. The van der Waals surface area contributed by atoms with E-state index in [1.807, 2.05) is 0 Å². The number of nitrogens with zero attached hydrogens (tertiary/aromatic N) is 2. The lowest BCUT2D eigenvalue weighted by Crippen LogP contribution is -2.30. The highest BCUT2D eigenvalue weighted by molar-refractivity contribution is 5.95. The summed E-state index contributed by atoms with van der Waals surface area (Å²) >= 11 is 0. The Morgan fingerprint density at radius 1 is 1.36 bits per heavy atom. The molecule has 1 saturated heterocycles. The van der Waals surface area contributed by atoms with E-state index in [0.29, 0.717) is 37.7 Å². The zero-order valence-corrected chi connectivity index (χ0v) is 14.0.